The second kappa shape index (κ2) is 8.87. The lowest BCUT2D eigenvalue weighted by atomic mass is 9.95. The molecule has 1 aliphatic heterocycles. The van der Waals surface area contributed by atoms with Gasteiger partial charge in [-0.15, -0.1) is 0 Å². The Morgan fingerprint density at radius 1 is 1.19 bits per heavy atom. The predicted molar refractivity (Wildman–Crippen MR) is 85.6 cm³/mol. The Morgan fingerprint density at radius 3 is 2.33 bits per heavy atom. The summed E-state index contributed by atoms with van der Waals surface area (Å²) in [5, 5.41) is 0. The molecule has 0 radical (unpaired) electrons. The molecule has 1 rings (SSSR count). The summed E-state index contributed by atoms with van der Waals surface area (Å²) < 4.78 is 0. The van der Waals surface area contributed by atoms with E-state index >= 15 is 0 Å². The molecule has 3 heteroatoms. The first-order chi connectivity index (χ1) is 9.93. The third-order valence-corrected chi connectivity index (χ3v) is 4.07. The van der Waals surface area contributed by atoms with Crippen LogP contribution in [0.25, 0.3) is 0 Å². The van der Waals surface area contributed by atoms with E-state index < -0.39 is 0 Å². The first kappa shape index (κ1) is 17.8. The van der Waals surface area contributed by atoms with Crippen LogP contribution in [0.1, 0.15) is 59.8 Å². The number of carbonyl (C=O) groups is 2. The molecule has 0 aliphatic carbocycles. The Morgan fingerprint density at radius 2 is 1.81 bits per heavy atom. The highest BCUT2D eigenvalue weighted by Crippen LogP contribution is 2.18. The van der Waals surface area contributed by atoms with Crippen LogP contribution >= 0.6 is 0 Å². The molecule has 0 saturated carbocycles. The molecule has 0 aromatic rings. The normalized spacial score (nSPS) is 17.3. The number of amides is 1. The zero-order valence-electron chi connectivity index (χ0n) is 13.9. The number of ketones is 1. The van der Waals surface area contributed by atoms with Crippen LogP contribution in [0.15, 0.2) is 0 Å². The van der Waals surface area contributed by atoms with E-state index in [4.69, 9.17) is 0 Å². The van der Waals surface area contributed by atoms with E-state index in [0.29, 0.717) is 11.8 Å². The predicted octanol–water partition coefficient (Wildman–Crippen LogP) is 3.28. The lowest BCUT2D eigenvalue weighted by molar-refractivity contribution is -0.137. The summed E-state index contributed by atoms with van der Waals surface area (Å²) in [5.74, 6) is 7.55. The molecule has 0 bridgehead atoms. The Balaban J connectivity index is 2.38. The van der Waals surface area contributed by atoms with E-state index in [9.17, 15) is 9.59 Å². The quantitative estimate of drug-likeness (QED) is 0.576. The fourth-order valence-electron chi connectivity index (χ4n) is 2.50. The SMILES string of the molecule is CCCC(C)C#CC1CCN(C(=O)CC(=O)C(C)C)CC1. The lowest BCUT2D eigenvalue weighted by Crippen LogP contribution is -2.39. The summed E-state index contributed by atoms with van der Waals surface area (Å²) in [6.07, 6.45) is 4.26. The maximum absolute atomic E-state index is 12.0. The van der Waals surface area contributed by atoms with Crippen molar-refractivity contribution in [1.82, 2.24) is 4.90 Å². The molecule has 0 spiro atoms. The smallest absolute Gasteiger partial charge is 0.230 e. The number of likely N-dealkylation sites (tertiary alicyclic amines) is 1. The van der Waals surface area contributed by atoms with E-state index in [-0.39, 0.29) is 24.0 Å². The van der Waals surface area contributed by atoms with Gasteiger partial charge in [-0.2, -0.15) is 0 Å². The fraction of sp³-hybridized carbons (Fsp3) is 0.778. The Labute approximate surface area is 129 Å². The molecule has 0 aromatic heterocycles. The Bertz CT molecular complexity index is 409. The first-order valence-electron chi connectivity index (χ1n) is 8.25. The highest BCUT2D eigenvalue weighted by Gasteiger charge is 2.23. The molecular formula is C18H29NO2. The second-order valence-electron chi connectivity index (χ2n) is 6.43. The Kier molecular flexibility index (Phi) is 7.50. The van der Waals surface area contributed by atoms with Crippen LogP contribution in [-0.2, 0) is 9.59 Å². The minimum absolute atomic E-state index is 0.0144. The monoisotopic (exact) mass is 291 g/mol. The van der Waals surface area contributed by atoms with Crippen molar-refractivity contribution in [3.63, 3.8) is 0 Å². The van der Waals surface area contributed by atoms with Crippen LogP contribution < -0.4 is 0 Å². The third kappa shape index (κ3) is 6.33. The molecule has 1 fully saturated rings. The molecule has 1 atom stereocenters. The number of piperidine rings is 1. The average Bonchev–Trinajstić information content (AvgIpc) is 2.45. The maximum Gasteiger partial charge on any atom is 0.230 e. The van der Waals surface area contributed by atoms with Gasteiger partial charge in [0.1, 0.15) is 5.78 Å². The van der Waals surface area contributed by atoms with E-state index in [1.807, 2.05) is 18.7 Å². The maximum atomic E-state index is 12.0. The molecule has 0 aromatic carbocycles. The number of carbonyl (C=O) groups excluding carboxylic acids is 2. The van der Waals surface area contributed by atoms with Gasteiger partial charge in [-0.3, -0.25) is 9.59 Å². The average molecular weight is 291 g/mol. The third-order valence-electron chi connectivity index (χ3n) is 4.07. The van der Waals surface area contributed by atoms with Crippen molar-refractivity contribution in [1.29, 1.82) is 0 Å². The van der Waals surface area contributed by atoms with E-state index in [2.05, 4.69) is 25.7 Å². The van der Waals surface area contributed by atoms with Gasteiger partial charge < -0.3 is 4.90 Å². The van der Waals surface area contributed by atoms with Gasteiger partial charge in [-0.25, -0.2) is 0 Å². The second-order valence-corrected chi connectivity index (χ2v) is 6.43. The van der Waals surface area contributed by atoms with Gasteiger partial charge in [-0.05, 0) is 19.3 Å². The molecular weight excluding hydrogens is 262 g/mol. The van der Waals surface area contributed by atoms with Gasteiger partial charge in [-0.1, -0.05) is 46.0 Å². The van der Waals surface area contributed by atoms with Crippen LogP contribution in [0.5, 0.6) is 0 Å². The van der Waals surface area contributed by atoms with Crippen LogP contribution in [0.2, 0.25) is 0 Å². The molecule has 1 saturated heterocycles. The summed E-state index contributed by atoms with van der Waals surface area (Å²) in [5.41, 5.74) is 0. The fourth-order valence-corrected chi connectivity index (χ4v) is 2.50. The summed E-state index contributed by atoms with van der Waals surface area (Å²) in [6.45, 7) is 9.52. The van der Waals surface area contributed by atoms with Gasteiger partial charge in [0.15, 0.2) is 0 Å². The van der Waals surface area contributed by atoms with Gasteiger partial charge in [0.25, 0.3) is 0 Å². The summed E-state index contributed by atoms with van der Waals surface area (Å²) >= 11 is 0. The number of rotatable bonds is 5. The molecule has 1 aliphatic rings. The van der Waals surface area contributed by atoms with Gasteiger partial charge in [0.2, 0.25) is 5.91 Å². The van der Waals surface area contributed by atoms with Crippen molar-refractivity contribution < 1.29 is 9.59 Å². The van der Waals surface area contributed by atoms with Crippen molar-refractivity contribution in [3.8, 4) is 11.8 Å². The number of Topliss-reactive ketones (excluding diaryl/α,β-unsaturated/α-hetero) is 1. The molecule has 0 N–H and O–H groups in total. The van der Waals surface area contributed by atoms with Crippen molar-refractivity contribution in [2.24, 2.45) is 17.8 Å². The standard InChI is InChI=1S/C18H29NO2/c1-5-6-15(4)7-8-16-9-11-19(12-10-16)18(21)13-17(20)14(2)3/h14-16H,5-6,9-13H2,1-4H3. The van der Waals surface area contributed by atoms with Crippen molar-refractivity contribution in [2.45, 2.75) is 59.8 Å². The number of hydrogen-bond donors (Lipinski definition) is 0. The summed E-state index contributed by atoms with van der Waals surface area (Å²) in [6, 6.07) is 0. The number of nitrogens with zero attached hydrogens (tertiary/aromatic N) is 1. The van der Waals surface area contributed by atoms with Crippen LogP contribution in [-0.4, -0.2) is 29.7 Å². The zero-order valence-corrected chi connectivity index (χ0v) is 13.9. The largest absolute Gasteiger partial charge is 0.342 e. The zero-order chi connectivity index (χ0) is 15.8. The lowest BCUT2D eigenvalue weighted by Gasteiger charge is -2.30. The van der Waals surface area contributed by atoms with Gasteiger partial charge in [0.05, 0.1) is 6.42 Å². The summed E-state index contributed by atoms with van der Waals surface area (Å²) in [4.78, 5) is 25.5. The topological polar surface area (TPSA) is 37.4 Å². The van der Waals surface area contributed by atoms with Gasteiger partial charge >= 0.3 is 0 Å². The van der Waals surface area contributed by atoms with Gasteiger partial charge in [0, 0.05) is 30.8 Å². The summed E-state index contributed by atoms with van der Waals surface area (Å²) in [7, 11) is 0. The van der Waals surface area contributed by atoms with Crippen LogP contribution in [0.4, 0.5) is 0 Å². The van der Waals surface area contributed by atoms with Crippen molar-refractivity contribution in [2.75, 3.05) is 13.1 Å². The van der Waals surface area contributed by atoms with Crippen LogP contribution in [0, 0.1) is 29.6 Å². The minimum Gasteiger partial charge on any atom is -0.342 e. The van der Waals surface area contributed by atoms with E-state index in [0.717, 1.165) is 32.4 Å². The minimum atomic E-state index is -0.0580. The van der Waals surface area contributed by atoms with E-state index in [1.165, 1.54) is 6.42 Å². The Hall–Kier alpha value is -1.30. The molecule has 21 heavy (non-hydrogen) atoms. The van der Waals surface area contributed by atoms with E-state index in [1.54, 1.807) is 0 Å². The highest BCUT2D eigenvalue weighted by atomic mass is 16.2. The first-order valence-corrected chi connectivity index (χ1v) is 8.25. The highest BCUT2D eigenvalue weighted by molar-refractivity contribution is 5.98. The molecule has 1 amide bonds. The van der Waals surface area contributed by atoms with Crippen molar-refractivity contribution in [3.05, 3.63) is 0 Å². The molecule has 1 heterocycles. The number of hydrogen-bond acceptors (Lipinski definition) is 2. The van der Waals surface area contributed by atoms with Crippen molar-refractivity contribution >= 4 is 11.7 Å². The van der Waals surface area contributed by atoms with Crippen LogP contribution in [0.3, 0.4) is 0 Å². The molecule has 118 valence electrons. The molecule has 3 nitrogen and oxygen atoms in total. The molecule has 1 unspecified atom stereocenters.